The summed E-state index contributed by atoms with van der Waals surface area (Å²) < 4.78 is 0. The van der Waals surface area contributed by atoms with E-state index in [2.05, 4.69) is 46.4 Å². The van der Waals surface area contributed by atoms with Crippen LogP contribution in [0.5, 0.6) is 0 Å². The van der Waals surface area contributed by atoms with Crippen LogP contribution in [0.25, 0.3) is 0 Å². The third-order valence-corrected chi connectivity index (χ3v) is 5.59. The maximum Gasteiger partial charge on any atom is 0.0334 e. The molecule has 0 radical (unpaired) electrons. The number of nitrogens with two attached hydrogens (primary N) is 1. The molecule has 0 bridgehead atoms. The first-order valence-electron chi connectivity index (χ1n) is 8.27. The number of nitrogens with zero attached hydrogens (tertiary/aromatic N) is 1. The van der Waals surface area contributed by atoms with E-state index in [9.17, 15) is 0 Å². The summed E-state index contributed by atoms with van der Waals surface area (Å²) in [4.78, 5) is 2.69. The first-order valence-corrected chi connectivity index (χ1v) is 8.27. The fourth-order valence-electron chi connectivity index (χ4n) is 3.96. The Morgan fingerprint density at radius 3 is 2.05 bits per heavy atom. The van der Waals surface area contributed by atoms with Gasteiger partial charge in [0.2, 0.25) is 0 Å². The van der Waals surface area contributed by atoms with E-state index in [4.69, 9.17) is 5.73 Å². The molecule has 0 aliphatic heterocycles. The van der Waals surface area contributed by atoms with E-state index in [0.717, 1.165) is 19.0 Å². The summed E-state index contributed by atoms with van der Waals surface area (Å²) >= 11 is 0. The fraction of sp³-hybridized carbons (Fsp3) is 1.00. The molecule has 0 spiro atoms. The van der Waals surface area contributed by atoms with Crippen LogP contribution in [0, 0.1) is 11.3 Å². The fourth-order valence-corrected chi connectivity index (χ4v) is 3.96. The summed E-state index contributed by atoms with van der Waals surface area (Å²) in [5.41, 5.74) is 6.94. The molecule has 2 N–H and O–H groups in total. The van der Waals surface area contributed by atoms with Crippen LogP contribution < -0.4 is 5.73 Å². The Morgan fingerprint density at radius 1 is 1.21 bits per heavy atom. The largest absolute Gasteiger partial charge is 0.329 e. The van der Waals surface area contributed by atoms with Gasteiger partial charge in [-0.05, 0) is 56.9 Å². The highest BCUT2D eigenvalue weighted by Crippen LogP contribution is 2.43. The minimum absolute atomic E-state index is 0.270. The predicted molar refractivity (Wildman–Crippen MR) is 85.3 cm³/mol. The lowest BCUT2D eigenvalue weighted by molar-refractivity contribution is -0.000379. The van der Waals surface area contributed by atoms with Crippen molar-refractivity contribution in [3.63, 3.8) is 0 Å². The molecule has 2 heteroatoms. The molecule has 0 amide bonds. The molecule has 0 aromatic carbocycles. The van der Waals surface area contributed by atoms with Crippen LogP contribution in [-0.4, -0.2) is 29.6 Å². The molecule has 1 aliphatic carbocycles. The predicted octanol–water partition coefficient (Wildman–Crippen LogP) is 4.04. The van der Waals surface area contributed by atoms with E-state index >= 15 is 0 Å². The highest BCUT2D eigenvalue weighted by Gasteiger charge is 2.42. The molecule has 0 saturated heterocycles. The number of likely N-dealkylation sites (N-methyl/N-ethyl adjacent to an activating group) is 1. The summed E-state index contributed by atoms with van der Waals surface area (Å²) in [5.74, 6) is 0.864. The SMILES string of the molecule is CCC(C)N(CC)C1(CN)CCC(C(C)(C)C)CC1. The lowest BCUT2D eigenvalue weighted by Gasteiger charge is -2.51. The Balaban J connectivity index is 2.79. The molecule has 1 unspecified atom stereocenters. The average molecular weight is 268 g/mol. The minimum Gasteiger partial charge on any atom is -0.329 e. The van der Waals surface area contributed by atoms with Gasteiger partial charge in [0.05, 0.1) is 0 Å². The van der Waals surface area contributed by atoms with Crippen molar-refractivity contribution in [2.24, 2.45) is 17.1 Å². The van der Waals surface area contributed by atoms with Crippen LogP contribution in [0.1, 0.15) is 73.6 Å². The van der Waals surface area contributed by atoms with Crippen LogP contribution in [0.3, 0.4) is 0 Å². The molecule has 0 aromatic heterocycles. The van der Waals surface area contributed by atoms with Crippen LogP contribution in [0.4, 0.5) is 0 Å². The van der Waals surface area contributed by atoms with E-state index in [1.165, 1.54) is 32.1 Å². The Labute approximate surface area is 121 Å². The minimum atomic E-state index is 0.270. The van der Waals surface area contributed by atoms with Gasteiger partial charge in [-0.2, -0.15) is 0 Å². The smallest absolute Gasteiger partial charge is 0.0334 e. The third-order valence-electron chi connectivity index (χ3n) is 5.59. The maximum atomic E-state index is 6.22. The second-order valence-corrected chi connectivity index (χ2v) is 7.61. The van der Waals surface area contributed by atoms with Crippen LogP contribution in [0.15, 0.2) is 0 Å². The van der Waals surface area contributed by atoms with Crippen LogP contribution >= 0.6 is 0 Å². The zero-order valence-corrected chi connectivity index (χ0v) is 14.1. The molecule has 0 heterocycles. The highest BCUT2D eigenvalue weighted by molar-refractivity contribution is 4.98. The standard InChI is InChI=1S/C17H36N2/c1-7-14(3)19(8-2)17(13-18)11-9-15(10-12-17)16(4,5)6/h14-15H,7-13,18H2,1-6H3. The topological polar surface area (TPSA) is 29.3 Å². The Kier molecular flexibility index (Phi) is 5.88. The van der Waals surface area contributed by atoms with Gasteiger partial charge in [0.1, 0.15) is 0 Å². The molecule has 114 valence electrons. The lowest BCUT2D eigenvalue weighted by Crippen LogP contribution is -2.59. The molecule has 1 rings (SSSR count). The second kappa shape index (κ2) is 6.58. The van der Waals surface area contributed by atoms with E-state index in [1.807, 2.05) is 0 Å². The van der Waals surface area contributed by atoms with Crippen molar-refractivity contribution in [1.82, 2.24) is 4.90 Å². The van der Waals surface area contributed by atoms with Gasteiger partial charge in [-0.15, -0.1) is 0 Å². The Hall–Kier alpha value is -0.0800. The summed E-state index contributed by atoms with van der Waals surface area (Å²) in [5, 5.41) is 0. The first kappa shape index (κ1) is 17.0. The molecule has 2 nitrogen and oxygen atoms in total. The quantitative estimate of drug-likeness (QED) is 0.815. The van der Waals surface area contributed by atoms with Crippen LogP contribution in [0.2, 0.25) is 0 Å². The van der Waals surface area contributed by atoms with Gasteiger partial charge in [-0.3, -0.25) is 4.90 Å². The van der Waals surface area contributed by atoms with Gasteiger partial charge in [0, 0.05) is 18.1 Å². The summed E-state index contributed by atoms with van der Waals surface area (Å²) in [6.45, 7) is 16.1. The van der Waals surface area contributed by atoms with Gasteiger partial charge in [-0.25, -0.2) is 0 Å². The van der Waals surface area contributed by atoms with Crippen molar-refractivity contribution in [2.75, 3.05) is 13.1 Å². The van der Waals surface area contributed by atoms with Crippen molar-refractivity contribution in [2.45, 2.75) is 85.2 Å². The van der Waals surface area contributed by atoms with Crippen molar-refractivity contribution in [3.8, 4) is 0 Å². The Morgan fingerprint density at radius 2 is 1.74 bits per heavy atom. The highest BCUT2D eigenvalue weighted by atomic mass is 15.2. The van der Waals surface area contributed by atoms with Gasteiger partial charge >= 0.3 is 0 Å². The van der Waals surface area contributed by atoms with Crippen molar-refractivity contribution in [1.29, 1.82) is 0 Å². The molecule has 0 aromatic rings. The average Bonchev–Trinajstić information content (AvgIpc) is 2.38. The van der Waals surface area contributed by atoms with Gasteiger partial charge in [0.25, 0.3) is 0 Å². The van der Waals surface area contributed by atoms with E-state index < -0.39 is 0 Å². The van der Waals surface area contributed by atoms with Gasteiger partial charge in [0.15, 0.2) is 0 Å². The molecule has 19 heavy (non-hydrogen) atoms. The van der Waals surface area contributed by atoms with Gasteiger partial charge in [-0.1, -0.05) is 34.6 Å². The number of rotatable bonds is 5. The van der Waals surface area contributed by atoms with E-state index in [0.29, 0.717) is 11.5 Å². The summed E-state index contributed by atoms with van der Waals surface area (Å²) in [7, 11) is 0. The van der Waals surface area contributed by atoms with Crippen molar-refractivity contribution < 1.29 is 0 Å². The van der Waals surface area contributed by atoms with Crippen molar-refractivity contribution in [3.05, 3.63) is 0 Å². The van der Waals surface area contributed by atoms with Crippen LogP contribution in [-0.2, 0) is 0 Å². The molecular weight excluding hydrogens is 232 g/mol. The first-order chi connectivity index (χ1) is 8.80. The summed E-state index contributed by atoms with van der Waals surface area (Å²) in [6, 6.07) is 0.653. The molecule has 1 saturated carbocycles. The Bertz CT molecular complexity index is 259. The summed E-state index contributed by atoms with van der Waals surface area (Å²) in [6.07, 6.45) is 6.47. The zero-order chi connectivity index (χ0) is 14.7. The third kappa shape index (κ3) is 3.72. The molecular formula is C17H36N2. The van der Waals surface area contributed by atoms with E-state index in [-0.39, 0.29) is 5.54 Å². The number of hydrogen-bond donors (Lipinski definition) is 1. The normalized spacial score (nSPS) is 30.6. The lowest BCUT2D eigenvalue weighted by atomic mass is 9.66. The van der Waals surface area contributed by atoms with Gasteiger partial charge < -0.3 is 5.73 Å². The molecule has 1 aliphatic rings. The second-order valence-electron chi connectivity index (χ2n) is 7.61. The molecule has 1 atom stereocenters. The molecule has 1 fully saturated rings. The van der Waals surface area contributed by atoms with E-state index in [1.54, 1.807) is 0 Å². The number of hydrogen-bond acceptors (Lipinski definition) is 2. The maximum absolute atomic E-state index is 6.22. The zero-order valence-electron chi connectivity index (χ0n) is 14.1. The monoisotopic (exact) mass is 268 g/mol. The van der Waals surface area contributed by atoms with Crippen molar-refractivity contribution >= 4 is 0 Å².